The largest absolute Gasteiger partial charge is 0.252 e. The van der Waals surface area contributed by atoms with E-state index in [-0.39, 0.29) is 0 Å². The molecule has 15 heavy (non-hydrogen) atoms. The normalized spacial score (nSPS) is 15.5. The quantitative estimate of drug-likeness (QED) is 0.724. The summed E-state index contributed by atoms with van der Waals surface area (Å²) in [7, 11) is 0. The van der Waals surface area contributed by atoms with Gasteiger partial charge in [-0.05, 0) is 25.7 Å². The van der Waals surface area contributed by atoms with Crippen LogP contribution >= 0.6 is 11.6 Å². The summed E-state index contributed by atoms with van der Waals surface area (Å²) >= 11 is 6.24. The molecule has 80 valence electrons. The second kappa shape index (κ2) is 4.67. The van der Waals surface area contributed by atoms with Crippen molar-refractivity contribution in [2.24, 2.45) is 0 Å². The van der Waals surface area contributed by atoms with E-state index < -0.39 is 0 Å². The van der Waals surface area contributed by atoms with Crippen molar-refractivity contribution in [3.8, 4) is 6.07 Å². The van der Waals surface area contributed by atoms with E-state index in [1.807, 2.05) is 0 Å². The Hall–Kier alpha value is -1.01. The van der Waals surface area contributed by atoms with Crippen molar-refractivity contribution in [1.82, 2.24) is 9.78 Å². The van der Waals surface area contributed by atoms with Gasteiger partial charge < -0.3 is 0 Å². The first-order chi connectivity index (χ1) is 7.33. The van der Waals surface area contributed by atoms with E-state index >= 15 is 0 Å². The van der Waals surface area contributed by atoms with Crippen molar-refractivity contribution in [3.63, 3.8) is 0 Å². The van der Waals surface area contributed by atoms with E-state index in [4.69, 9.17) is 16.9 Å². The van der Waals surface area contributed by atoms with Crippen LogP contribution in [0.15, 0.2) is 0 Å². The van der Waals surface area contributed by atoms with Crippen LogP contribution in [0.5, 0.6) is 0 Å². The maximum atomic E-state index is 8.53. The highest BCUT2D eigenvalue weighted by molar-refractivity contribution is 6.30. The first-order valence-corrected chi connectivity index (χ1v) is 5.81. The van der Waals surface area contributed by atoms with Gasteiger partial charge in [-0.25, -0.2) is 0 Å². The predicted molar refractivity (Wildman–Crippen MR) is 58.7 cm³/mol. The summed E-state index contributed by atoms with van der Waals surface area (Å²) in [6.07, 6.45) is 6.23. The summed E-state index contributed by atoms with van der Waals surface area (Å²) in [5.74, 6) is 0. The molecule has 1 aliphatic carbocycles. The minimum atomic E-state index is 0.472. The maximum Gasteiger partial charge on any atom is 0.130 e. The highest BCUT2D eigenvalue weighted by atomic mass is 35.5. The number of fused-ring (bicyclic) bond motifs is 1. The summed E-state index contributed by atoms with van der Waals surface area (Å²) in [6.45, 7) is 0.613. The van der Waals surface area contributed by atoms with Gasteiger partial charge in [-0.15, -0.1) is 0 Å². The summed E-state index contributed by atoms with van der Waals surface area (Å²) in [4.78, 5) is 0. The number of hydrogen-bond acceptors (Lipinski definition) is 2. The van der Waals surface area contributed by atoms with Crippen molar-refractivity contribution in [1.29, 1.82) is 5.26 Å². The molecule has 0 aliphatic heterocycles. The number of halogens is 1. The molecule has 4 heteroatoms. The van der Waals surface area contributed by atoms with Crippen LogP contribution in [0.2, 0.25) is 5.15 Å². The number of rotatable bonds is 2. The number of nitrogens with zero attached hydrogens (tertiary/aromatic N) is 3. The second-order valence-electron chi connectivity index (χ2n) is 3.91. The molecular weight excluding hydrogens is 210 g/mol. The lowest BCUT2D eigenvalue weighted by Crippen LogP contribution is -2.00. The Morgan fingerprint density at radius 2 is 2.13 bits per heavy atom. The monoisotopic (exact) mass is 223 g/mol. The van der Waals surface area contributed by atoms with E-state index in [0.29, 0.717) is 13.0 Å². The third kappa shape index (κ3) is 2.15. The number of hydrogen-bond donors (Lipinski definition) is 0. The third-order valence-corrected chi connectivity index (χ3v) is 3.26. The number of nitriles is 1. The lowest BCUT2D eigenvalue weighted by Gasteiger charge is -2.00. The van der Waals surface area contributed by atoms with Gasteiger partial charge in [-0.3, -0.25) is 4.68 Å². The van der Waals surface area contributed by atoms with Crippen molar-refractivity contribution < 1.29 is 0 Å². The molecule has 0 N–H and O–H groups in total. The Bertz CT molecular complexity index is 389. The molecule has 0 atom stereocenters. The van der Waals surface area contributed by atoms with Crippen LogP contribution < -0.4 is 0 Å². The fourth-order valence-corrected chi connectivity index (χ4v) is 2.37. The average molecular weight is 224 g/mol. The van der Waals surface area contributed by atoms with E-state index in [1.54, 1.807) is 4.68 Å². The molecule has 0 fully saturated rings. The standard InChI is InChI=1S/C11H14ClN3/c12-11-9-5-2-1-3-6-10(9)14-15(11)8-4-7-13/h1-6,8H2. The highest BCUT2D eigenvalue weighted by Crippen LogP contribution is 2.26. The zero-order valence-electron chi connectivity index (χ0n) is 8.67. The maximum absolute atomic E-state index is 8.53. The molecule has 0 radical (unpaired) electrons. The molecule has 0 spiro atoms. The molecule has 1 aliphatic rings. The number of aryl methyl sites for hydroxylation is 2. The van der Waals surface area contributed by atoms with E-state index in [2.05, 4.69) is 11.2 Å². The molecule has 1 aromatic rings. The fraction of sp³-hybridized carbons (Fsp3) is 0.636. The zero-order chi connectivity index (χ0) is 10.7. The third-order valence-electron chi connectivity index (χ3n) is 2.84. The molecular formula is C11H14ClN3. The number of aromatic nitrogens is 2. The second-order valence-corrected chi connectivity index (χ2v) is 4.27. The minimum absolute atomic E-state index is 0.472. The van der Waals surface area contributed by atoms with E-state index in [0.717, 1.165) is 23.7 Å². The topological polar surface area (TPSA) is 41.6 Å². The van der Waals surface area contributed by atoms with E-state index in [9.17, 15) is 0 Å². The van der Waals surface area contributed by atoms with Crippen LogP contribution in [0.3, 0.4) is 0 Å². The predicted octanol–water partition coefficient (Wildman–Crippen LogP) is 2.72. The molecule has 0 saturated carbocycles. The minimum Gasteiger partial charge on any atom is -0.252 e. The molecule has 0 aromatic carbocycles. The van der Waals surface area contributed by atoms with Gasteiger partial charge in [0.1, 0.15) is 5.15 Å². The van der Waals surface area contributed by atoms with Gasteiger partial charge in [0.05, 0.1) is 24.7 Å². The van der Waals surface area contributed by atoms with Crippen molar-refractivity contribution in [3.05, 3.63) is 16.4 Å². The Balaban J connectivity index is 2.24. The zero-order valence-corrected chi connectivity index (χ0v) is 9.43. The van der Waals surface area contributed by atoms with Crippen LogP contribution in [0, 0.1) is 11.3 Å². The smallest absolute Gasteiger partial charge is 0.130 e. The lowest BCUT2D eigenvalue weighted by atomic mass is 10.1. The molecule has 0 bridgehead atoms. The van der Waals surface area contributed by atoms with Crippen molar-refractivity contribution >= 4 is 11.6 Å². The van der Waals surface area contributed by atoms with Gasteiger partial charge in [0.25, 0.3) is 0 Å². The van der Waals surface area contributed by atoms with Gasteiger partial charge in [0.2, 0.25) is 0 Å². The molecule has 1 heterocycles. The van der Waals surface area contributed by atoms with Gasteiger partial charge >= 0.3 is 0 Å². The van der Waals surface area contributed by atoms with Gasteiger partial charge in [0, 0.05) is 5.56 Å². The van der Waals surface area contributed by atoms with Crippen LogP contribution in [0.4, 0.5) is 0 Å². The van der Waals surface area contributed by atoms with Gasteiger partial charge in [-0.1, -0.05) is 18.0 Å². The Morgan fingerprint density at radius 3 is 2.93 bits per heavy atom. The van der Waals surface area contributed by atoms with Crippen LogP contribution in [-0.2, 0) is 19.4 Å². The summed E-state index contributed by atoms with van der Waals surface area (Å²) in [6, 6.07) is 2.12. The Kier molecular flexibility index (Phi) is 3.27. The molecule has 3 nitrogen and oxygen atoms in total. The fourth-order valence-electron chi connectivity index (χ4n) is 2.05. The lowest BCUT2D eigenvalue weighted by molar-refractivity contribution is 0.607. The van der Waals surface area contributed by atoms with Crippen molar-refractivity contribution in [2.75, 3.05) is 0 Å². The highest BCUT2D eigenvalue weighted by Gasteiger charge is 2.17. The Morgan fingerprint density at radius 1 is 1.33 bits per heavy atom. The van der Waals surface area contributed by atoms with Gasteiger partial charge in [-0.2, -0.15) is 10.4 Å². The average Bonchev–Trinajstić information content (AvgIpc) is 2.44. The molecule has 1 aromatic heterocycles. The SMILES string of the molecule is N#CCCn1nc2c(c1Cl)CCCCC2. The summed E-state index contributed by atoms with van der Waals surface area (Å²) in [5.41, 5.74) is 2.36. The van der Waals surface area contributed by atoms with Crippen molar-refractivity contribution in [2.45, 2.75) is 45.1 Å². The van der Waals surface area contributed by atoms with Crippen LogP contribution in [0.25, 0.3) is 0 Å². The van der Waals surface area contributed by atoms with Crippen LogP contribution in [-0.4, -0.2) is 9.78 Å². The van der Waals surface area contributed by atoms with E-state index in [1.165, 1.54) is 24.8 Å². The summed E-state index contributed by atoms with van der Waals surface area (Å²) < 4.78 is 1.78. The molecule has 0 amide bonds. The first-order valence-electron chi connectivity index (χ1n) is 5.44. The van der Waals surface area contributed by atoms with Gasteiger partial charge in [0.15, 0.2) is 0 Å². The molecule has 2 rings (SSSR count). The first kappa shape index (κ1) is 10.5. The Labute approximate surface area is 94.6 Å². The molecule has 0 unspecified atom stereocenters. The molecule has 0 saturated heterocycles. The van der Waals surface area contributed by atoms with Crippen LogP contribution in [0.1, 0.15) is 36.9 Å². The summed E-state index contributed by atoms with van der Waals surface area (Å²) in [5, 5.41) is 13.8.